The number of hydrogen-bond acceptors (Lipinski definition) is 4. The summed E-state index contributed by atoms with van der Waals surface area (Å²) < 4.78 is 5.56. The van der Waals surface area contributed by atoms with E-state index in [1.807, 2.05) is 6.07 Å². The predicted molar refractivity (Wildman–Crippen MR) is 85.8 cm³/mol. The maximum absolute atomic E-state index is 9.81. The van der Waals surface area contributed by atoms with E-state index >= 15 is 0 Å². The van der Waals surface area contributed by atoms with Crippen molar-refractivity contribution in [3.8, 4) is 17.6 Å². The largest absolute Gasteiger partial charge is 0.503 e. The number of ether oxygens (including phenoxy) is 1. The predicted octanol–water partition coefficient (Wildman–Crippen LogP) is 4.49. The zero-order valence-corrected chi connectivity index (χ0v) is 13.4. The number of aromatic hydroxyl groups is 1. The van der Waals surface area contributed by atoms with Crippen LogP contribution in [-0.2, 0) is 0 Å². The molecular weight excluding hydrogens is 356 g/mol. The Morgan fingerprint density at radius 3 is 2.76 bits per heavy atom. The van der Waals surface area contributed by atoms with Crippen LogP contribution in [0.5, 0.6) is 11.5 Å². The summed E-state index contributed by atoms with van der Waals surface area (Å²) >= 11 is 9.17. The van der Waals surface area contributed by atoms with Gasteiger partial charge in [-0.2, -0.15) is 5.26 Å². The van der Waals surface area contributed by atoms with E-state index in [1.54, 1.807) is 30.3 Å². The normalized spacial score (nSPS) is 11.5. The van der Waals surface area contributed by atoms with Gasteiger partial charge in [0, 0.05) is 10.7 Å². The highest BCUT2D eigenvalue weighted by atomic mass is 79.9. The summed E-state index contributed by atoms with van der Waals surface area (Å²) in [6.07, 6.45) is 0. The van der Waals surface area contributed by atoms with Gasteiger partial charge in [-0.1, -0.05) is 17.7 Å². The Morgan fingerprint density at radius 1 is 1.38 bits per heavy atom. The van der Waals surface area contributed by atoms with E-state index in [0.29, 0.717) is 20.8 Å². The van der Waals surface area contributed by atoms with Crippen LogP contribution in [0.15, 0.2) is 40.9 Å². The molecule has 0 aromatic heterocycles. The molecule has 0 spiro atoms. The molecule has 2 aromatic carbocycles. The topological polar surface area (TPSA) is 65.3 Å². The third-order valence-electron chi connectivity index (χ3n) is 2.87. The van der Waals surface area contributed by atoms with E-state index in [9.17, 15) is 10.4 Å². The molecule has 0 aliphatic rings. The fourth-order valence-electron chi connectivity index (χ4n) is 1.85. The maximum atomic E-state index is 9.81. The molecule has 0 aliphatic heterocycles. The van der Waals surface area contributed by atoms with Crippen LogP contribution in [0.25, 0.3) is 0 Å². The zero-order valence-electron chi connectivity index (χ0n) is 11.1. The maximum Gasteiger partial charge on any atom is 0.172 e. The standard InChI is InChI=1S/C15H12BrClN2O2/c1-21-14-6-9(5-12(16)15(14)20)13(8-18)19-11-4-2-3-10(17)7-11/h2-7,13,19-20H,1H3. The first kappa shape index (κ1) is 15.5. The van der Waals surface area contributed by atoms with E-state index in [4.69, 9.17) is 16.3 Å². The van der Waals surface area contributed by atoms with Gasteiger partial charge in [0.25, 0.3) is 0 Å². The zero-order chi connectivity index (χ0) is 15.4. The molecule has 6 heteroatoms. The minimum absolute atomic E-state index is 0.000644. The first-order valence-corrected chi connectivity index (χ1v) is 7.20. The second-order valence-electron chi connectivity index (χ2n) is 4.27. The Hall–Kier alpha value is -1.90. The highest BCUT2D eigenvalue weighted by molar-refractivity contribution is 9.10. The third kappa shape index (κ3) is 3.60. The van der Waals surface area contributed by atoms with Gasteiger partial charge in [-0.15, -0.1) is 0 Å². The van der Waals surface area contributed by atoms with Crippen LogP contribution < -0.4 is 10.1 Å². The number of rotatable bonds is 4. The first-order valence-electron chi connectivity index (χ1n) is 6.03. The number of nitriles is 1. The summed E-state index contributed by atoms with van der Waals surface area (Å²) in [6.45, 7) is 0. The van der Waals surface area contributed by atoms with Crippen molar-refractivity contribution < 1.29 is 9.84 Å². The van der Waals surface area contributed by atoms with Crippen LogP contribution in [0.4, 0.5) is 5.69 Å². The molecule has 0 bridgehead atoms. The summed E-state index contributed by atoms with van der Waals surface area (Å²) in [5.74, 6) is 0.299. The van der Waals surface area contributed by atoms with Crippen LogP contribution in [0.3, 0.4) is 0 Å². The van der Waals surface area contributed by atoms with Gasteiger partial charge < -0.3 is 15.2 Å². The first-order chi connectivity index (χ1) is 10.0. The molecule has 2 aromatic rings. The van der Waals surface area contributed by atoms with Gasteiger partial charge in [-0.3, -0.25) is 0 Å². The molecule has 0 fully saturated rings. The van der Waals surface area contributed by atoms with Gasteiger partial charge in [-0.25, -0.2) is 0 Å². The van der Waals surface area contributed by atoms with Crippen LogP contribution >= 0.6 is 27.5 Å². The smallest absolute Gasteiger partial charge is 0.172 e. The van der Waals surface area contributed by atoms with Gasteiger partial charge in [-0.05, 0) is 51.8 Å². The van der Waals surface area contributed by atoms with Crippen molar-refractivity contribution in [3.05, 3.63) is 51.5 Å². The molecule has 1 unspecified atom stereocenters. The number of phenols is 1. The van der Waals surface area contributed by atoms with Crippen LogP contribution in [0.1, 0.15) is 11.6 Å². The SMILES string of the molecule is COc1cc(C(C#N)Nc2cccc(Cl)c2)cc(Br)c1O. The molecular formula is C15H12BrClN2O2. The number of phenolic OH excluding ortho intramolecular Hbond substituents is 1. The van der Waals surface area contributed by atoms with Crippen molar-refractivity contribution in [1.82, 2.24) is 0 Å². The third-order valence-corrected chi connectivity index (χ3v) is 3.71. The number of hydrogen-bond donors (Lipinski definition) is 2. The van der Waals surface area contributed by atoms with Crippen LogP contribution in [0.2, 0.25) is 5.02 Å². The highest BCUT2D eigenvalue weighted by Crippen LogP contribution is 2.37. The van der Waals surface area contributed by atoms with E-state index < -0.39 is 6.04 Å². The van der Waals surface area contributed by atoms with E-state index in [2.05, 4.69) is 27.3 Å². The molecule has 0 aliphatic carbocycles. The number of halogens is 2. The lowest BCUT2D eigenvalue weighted by Crippen LogP contribution is -2.08. The number of methoxy groups -OCH3 is 1. The molecule has 0 radical (unpaired) electrons. The molecule has 1 atom stereocenters. The van der Waals surface area contributed by atoms with E-state index in [0.717, 1.165) is 5.69 Å². The summed E-state index contributed by atoms with van der Waals surface area (Å²) in [6, 6.07) is 12.0. The van der Waals surface area contributed by atoms with Crippen molar-refractivity contribution in [3.63, 3.8) is 0 Å². The Bertz CT molecular complexity index is 701. The number of anilines is 1. The van der Waals surface area contributed by atoms with E-state index in [1.165, 1.54) is 7.11 Å². The Kier molecular flexibility index (Phi) is 4.94. The second-order valence-corrected chi connectivity index (χ2v) is 5.56. The van der Waals surface area contributed by atoms with Crippen molar-refractivity contribution >= 4 is 33.2 Å². The fourth-order valence-corrected chi connectivity index (χ4v) is 2.50. The quantitative estimate of drug-likeness (QED) is 0.835. The molecule has 0 amide bonds. The lowest BCUT2D eigenvalue weighted by atomic mass is 10.1. The summed E-state index contributed by atoms with van der Waals surface area (Å²) in [5, 5.41) is 22.8. The molecule has 0 saturated heterocycles. The average molecular weight is 368 g/mol. The van der Waals surface area contributed by atoms with E-state index in [-0.39, 0.29) is 5.75 Å². The second kappa shape index (κ2) is 6.70. The molecule has 0 saturated carbocycles. The molecule has 4 nitrogen and oxygen atoms in total. The molecule has 108 valence electrons. The molecule has 21 heavy (non-hydrogen) atoms. The fraction of sp³-hybridized carbons (Fsp3) is 0.133. The Morgan fingerprint density at radius 2 is 2.14 bits per heavy atom. The Balaban J connectivity index is 2.34. The van der Waals surface area contributed by atoms with Gasteiger partial charge in [0.2, 0.25) is 0 Å². The van der Waals surface area contributed by atoms with Gasteiger partial charge in [0.05, 0.1) is 17.7 Å². The minimum atomic E-state index is -0.603. The lowest BCUT2D eigenvalue weighted by molar-refractivity contribution is 0.371. The van der Waals surface area contributed by atoms with Crippen molar-refractivity contribution in [2.75, 3.05) is 12.4 Å². The summed E-state index contributed by atoms with van der Waals surface area (Å²) in [5.41, 5.74) is 1.40. The van der Waals surface area contributed by atoms with Gasteiger partial charge in [0.15, 0.2) is 11.5 Å². The Labute approximate surface area is 136 Å². The van der Waals surface area contributed by atoms with Crippen LogP contribution in [0, 0.1) is 11.3 Å². The van der Waals surface area contributed by atoms with Gasteiger partial charge >= 0.3 is 0 Å². The van der Waals surface area contributed by atoms with Crippen molar-refractivity contribution in [2.45, 2.75) is 6.04 Å². The average Bonchev–Trinajstić information content (AvgIpc) is 2.47. The van der Waals surface area contributed by atoms with Crippen LogP contribution in [-0.4, -0.2) is 12.2 Å². The van der Waals surface area contributed by atoms with Gasteiger partial charge in [0.1, 0.15) is 6.04 Å². The molecule has 0 heterocycles. The van der Waals surface area contributed by atoms with Crippen molar-refractivity contribution in [2.24, 2.45) is 0 Å². The highest BCUT2D eigenvalue weighted by Gasteiger charge is 2.16. The lowest BCUT2D eigenvalue weighted by Gasteiger charge is -2.16. The number of nitrogens with zero attached hydrogens (tertiary/aromatic N) is 1. The van der Waals surface area contributed by atoms with Crippen molar-refractivity contribution in [1.29, 1.82) is 5.26 Å². The molecule has 2 rings (SSSR count). The number of nitrogens with one attached hydrogen (secondary N) is 1. The summed E-state index contributed by atoms with van der Waals surface area (Å²) in [7, 11) is 1.46. The minimum Gasteiger partial charge on any atom is -0.503 e. The number of benzene rings is 2. The monoisotopic (exact) mass is 366 g/mol. The molecule has 2 N–H and O–H groups in total. The summed E-state index contributed by atoms with van der Waals surface area (Å²) in [4.78, 5) is 0.